The molecule has 3 aromatic rings. The van der Waals surface area contributed by atoms with E-state index in [1.165, 1.54) is 23.1 Å². The highest BCUT2D eigenvalue weighted by Gasteiger charge is 2.22. The van der Waals surface area contributed by atoms with Gasteiger partial charge >= 0.3 is 11.9 Å². The number of hydrogen-bond donors (Lipinski definition) is 3. The van der Waals surface area contributed by atoms with Crippen molar-refractivity contribution in [3.05, 3.63) is 65.5 Å². The fraction of sp³-hybridized carbons (Fsp3) is 0.200. The molecule has 2 aromatic carbocycles. The minimum absolute atomic E-state index is 0.0806. The molecular weight excluding hydrogens is 488 g/mol. The lowest BCUT2D eigenvalue weighted by atomic mass is 10.0. The lowest BCUT2D eigenvalue weighted by Gasteiger charge is -2.09. The van der Waals surface area contributed by atoms with Crippen LogP contribution >= 0.6 is 23.1 Å². The summed E-state index contributed by atoms with van der Waals surface area (Å²) in [5.74, 6) is -2.15. The molecule has 2 amide bonds. The van der Waals surface area contributed by atoms with Gasteiger partial charge < -0.3 is 20.5 Å². The van der Waals surface area contributed by atoms with Crippen LogP contribution in [-0.4, -0.2) is 41.2 Å². The van der Waals surface area contributed by atoms with Crippen molar-refractivity contribution in [2.45, 2.75) is 24.7 Å². The van der Waals surface area contributed by atoms with E-state index in [-0.39, 0.29) is 31.1 Å². The van der Waals surface area contributed by atoms with Crippen molar-refractivity contribution in [2.75, 3.05) is 23.0 Å². The Kier molecular flexibility index (Phi) is 9.45. The van der Waals surface area contributed by atoms with E-state index in [1.807, 2.05) is 35.7 Å². The molecule has 8 nitrogen and oxygen atoms in total. The summed E-state index contributed by atoms with van der Waals surface area (Å²) in [7, 11) is 0. The number of esters is 1. The van der Waals surface area contributed by atoms with Gasteiger partial charge in [0.25, 0.3) is 0 Å². The molecule has 182 valence electrons. The number of nitrogens with one attached hydrogen (secondary N) is 2. The maximum Gasteiger partial charge on any atom is 0.341 e. The lowest BCUT2D eigenvalue weighted by molar-refractivity contribution is -0.138. The van der Waals surface area contributed by atoms with Crippen LogP contribution in [0.4, 0.5) is 10.7 Å². The van der Waals surface area contributed by atoms with Crippen molar-refractivity contribution in [1.82, 2.24) is 0 Å². The number of amides is 2. The number of carboxylic acid groups (broad SMARTS) is 1. The molecule has 0 saturated carbocycles. The summed E-state index contributed by atoms with van der Waals surface area (Å²) in [5.41, 5.74) is 2.39. The van der Waals surface area contributed by atoms with E-state index < -0.39 is 17.8 Å². The first-order valence-corrected chi connectivity index (χ1v) is 12.6. The van der Waals surface area contributed by atoms with Crippen LogP contribution in [0.2, 0.25) is 0 Å². The molecule has 0 bridgehead atoms. The largest absolute Gasteiger partial charge is 0.481 e. The third-order valence-corrected chi connectivity index (χ3v) is 6.55. The molecule has 0 unspecified atom stereocenters. The number of rotatable bonds is 11. The van der Waals surface area contributed by atoms with Crippen LogP contribution in [0.25, 0.3) is 11.1 Å². The molecule has 10 heteroatoms. The number of ether oxygens (including phenoxy) is 1. The Hall–Kier alpha value is -3.63. The van der Waals surface area contributed by atoms with Gasteiger partial charge in [-0.15, -0.1) is 23.1 Å². The number of carboxylic acids is 1. The molecule has 0 aliphatic carbocycles. The molecule has 0 radical (unpaired) electrons. The van der Waals surface area contributed by atoms with Gasteiger partial charge in [-0.2, -0.15) is 0 Å². The second kappa shape index (κ2) is 12.7. The second-order valence-corrected chi connectivity index (χ2v) is 9.18. The molecule has 0 fully saturated rings. The van der Waals surface area contributed by atoms with E-state index in [2.05, 4.69) is 10.6 Å². The van der Waals surface area contributed by atoms with Crippen molar-refractivity contribution in [3.63, 3.8) is 0 Å². The van der Waals surface area contributed by atoms with E-state index in [0.29, 0.717) is 21.8 Å². The number of carbonyl (C=O) groups is 4. The Labute approximate surface area is 210 Å². The highest BCUT2D eigenvalue weighted by atomic mass is 32.2. The van der Waals surface area contributed by atoms with Gasteiger partial charge in [-0.1, -0.05) is 36.4 Å². The molecule has 3 N–H and O–H groups in total. The maximum atomic E-state index is 12.7. The maximum absolute atomic E-state index is 12.7. The molecule has 0 aliphatic rings. The zero-order chi connectivity index (χ0) is 25.2. The Bertz CT molecular complexity index is 1210. The predicted molar refractivity (Wildman–Crippen MR) is 137 cm³/mol. The van der Waals surface area contributed by atoms with Crippen molar-refractivity contribution in [3.8, 4) is 11.1 Å². The first-order chi connectivity index (χ1) is 16.9. The van der Waals surface area contributed by atoms with Gasteiger partial charge in [-0.3, -0.25) is 14.4 Å². The number of thioether (sulfide) groups is 1. The number of benzene rings is 2. The molecule has 3 rings (SSSR count). The second-order valence-electron chi connectivity index (χ2n) is 7.25. The molecule has 0 aliphatic heterocycles. The van der Waals surface area contributed by atoms with Crippen LogP contribution in [0.5, 0.6) is 0 Å². The van der Waals surface area contributed by atoms with Gasteiger partial charge in [0.15, 0.2) is 0 Å². The average molecular weight is 513 g/mol. The van der Waals surface area contributed by atoms with Crippen molar-refractivity contribution in [2.24, 2.45) is 0 Å². The lowest BCUT2D eigenvalue weighted by Crippen LogP contribution is -2.16. The quantitative estimate of drug-likeness (QED) is 0.241. The smallest absolute Gasteiger partial charge is 0.341 e. The molecule has 1 aromatic heterocycles. The first-order valence-electron chi connectivity index (χ1n) is 10.8. The summed E-state index contributed by atoms with van der Waals surface area (Å²) in [5, 5.41) is 16.4. The summed E-state index contributed by atoms with van der Waals surface area (Å²) < 4.78 is 5.22. The molecule has 0 saturated heterocycles. The van der Waals surface area contributed by atoms with E-state index >= 15 is 0 Å². The van der Waals surface area contributed by atoms with Crippen molar-refractivity contribution < 1.29 is 29.0 Å². The monoisotopic (exact) mass is 512 g/mol. The predicted octanol–water partition coefficient (Wildman–Crippen LogP) is 5.13. The highest BCUT2D eigenvalue weighted by Crippen LogP contribution is 2.36. The van der Waals surface area contributed by atoms with E-state index in [9.17, 15) is 19.2 Å². The number of aliphatic carboxylic acids is 1. The third-order valence-electron chi connectivity index (χ3n) is 4.66. The van der Waals surface area contributed by atoms with Crippen molar-refractivity contribution in [1.29, 1.82) is 0 Å². The zero-order valence-corrected chi connectivity index (χ0v) is 20.5. The highest BCUT2D eigenvalue weighted by molar-refractivity contribution is 8.00. The first kappa shape index (κ1) is 26.0. The van der Waals surface area contributed by atoms with Crippen LogP contribution < -0.4 is 10.6 Å². The number of carbonyl (C=O) groups excluding carboxylic acids is 3. The molecule has 0 atom stereocenters. The molecule has 0 spiro atoms. The third kappa shape index (κ3) is 7.69. The van der Waals surface area contributed by atoms with Crippen LogP contribution in [0.1, 0.15) is 30.1 Å². The van der Waals surface area contributed by atoms with Gasteiger partial charge in [0.05, 0.1) is 18.8 Å². The fourth-order valence-corrected chi connectivity index (χ4v) is 4.83. The summed E-state index contributed by atoms with van der Waals surface area (Å²) in [4.78, 5) is 48.5. The van der Waals surface area contributed by atoms with Gasteiger partial charge in [0, 0.05) is 27.9 Å². The van der Waals surface area contributed by atoms with E-state index in [0.717, 1.165) is 10.5 Å². The van der Waals surface area contributed by atoms with E-state index in [4.69, 9.17) is 9.84 Å². The Balaban J connectivity index is 1.65. The number of anilines is 2. The standard InChI is InChI=1S/C25H24N2O6S2/c1-2-33-25(32)23-19(16-7-4-3-5-8-16)14-35-24(23)27-21(29)15-34-18-10-6-9-17(13-18)26-20(28)11-12-22(30)31/h3-10,13-14H,2,11-12,15H2,1H3,(H,26,28)(H,27,29)(H,30,31). The van der Waals surface area contributed by atoms with Crippen LogP contribution in [-0.2, 0) is 19.1 Å². The molecule has 35 heavy (non-hydrogen) atoms. The normalized spacial score (nSPS) is 10.4. The van der Waals surface area contributed by atoms with Gasteiger partial charge in [-0.05, 0) is 30.7 Å². The summed E-state index contributed by atoms with van der Waals surface area (Å²) >= 11 is 2.53. The Morgan fingerprint density at radius 2 is 1.74 bits per heavy atom. The molecular formula is C25H24N2O6S2. The van der Waals surface area contributed by atoms with Crippen molar-refractivity contribution >= 4 is 57.5 Å². The molecule has 1 heterocycles. The zero-order valence-electron chi connectivity index (χ0n) is 18.9. The minimum atomic E-state index is -1.04. The van der Waals surface area contributed by atoms with Gasteiger partial charge in [-0.25, -0.2) is 4.79 Å². The summed E-state index contributed by atoms with van der Waals surface area (Å²) in [6, 6.07) is 16.3. The topological polar surface area (TPSA) is 122 Å². The van der Waals surface area contributed by atoms with E-state index in [1.54, 1.807) is 31.2 Å². The summed E-state index contributed by atoms with van der Waals surface area (Å²) in [6.07, 6.45) is -0.368. The number of hydrogen-bond acceptors (Lipinski definition) is 7. The SMILES string of the molecule is CCOC(=O)c1c(-c2ccccc2)csc1NC(=O)CSc1cccc(NC(=O)CCC(=O)O)c1. The Morgan fingerprint density at radius 1 is 0.971 bits per heavy atom. The van der Waals surface area contributed by atoms with Crippen LogP contribution in [0, 0.1) is 0 Å². The minimum Gasteiger partial charge on any atom is -0.481 e. The van der Waals surface area contributed by atoms with Crippen LogP contribution in [0.15, 0.2) is 64.9 Å². The van der Waals surface area contributed by atoms with Crippen LogP contribution in [0.3, 0.4) is 0 Å². The Morgan fingerprint density at radius 3 is 2.46 bits per heavy atom. The fourth-order valence-electron chi connectivity index (χ4n) is 3.11. The van der Waals surface area contributed by atoms with Gasteiger partial charge in [0.2, 0.25) is 11.8 Å². The average Bonchev–Trinajstić information content (AvgIpc) is 3.26. The van der Waals surface area contributed by atoms with Gasteiger partial charge in [0.1, 0.15) is 10.6 Å². The summed E-state index contributed by atoms with van der Waals surface area (Å²) in [6.45, 7) is 1.94. The number of thiophene rings is 1.